The third-order valence-electron chi connectivity index (χ3n) is 2.41. The number of amides is 1. The molecule has 17 heavy (non-hydrogen) atoms. The van der Waals surface area contributed by atoms with E-state index in [1.54, 1.807) is 26.0 Å². The van der Waals surface area contributed by atoms with Crippen LogP contribution in [0.15, 0.2) is 18.2 Å². The number of nitrogens with one attached hydrogen (secondary N) is 1. The fraction of sp³-hybridized carbons (Fsp3) is 0.364. The maximum absolute atomic E-state index is 11.9. The van der Waals surface area contributed by atoms with Gasteiger partial charge in [-0.2, -0.15) is 12.7 Å². The number of benzene rings is 1. The van der Waals surface area contributed by atoms with Gasteiger partial charge in [-0.1, -0.05) is 18.2 Å². The zero-order valence-electron chi connectivity index (χ0n) is 10.3. The van der Waals surface area contributed by atoms with E-state index in [-0.39, 0.29) is 0 Å². The number of hydrogen-bond acceptors (Lipinski definition) is 3. The lowest BCUT2D eigenvalue weighted by Crippen LogP contribution is -2.39. The summed E-state index contributed by atoms with van der Waals surface area (Å²) in [4.78, 5) is 11.9. The van der Waals surface area contributed by atoms with Crippen LogP contribution in [0.3, 0.4) is 0 Å². The topological polar surface area (TPSA) is 66.5 Å². The first-order valence-electron chi connectivity index (χ1n) is 5.06. The largest absolute Gasteiger partial charge is 0.303 e. The monoisotopic (exact) mass is 256 g/mol. The van der Waals surface area contributed by atoms with Crippen molar-refractivity contribution in [3.63, 3.8) is 0 Å². The molecular weight excluding hydrogens is 240 g/mol. The predicted octanol–water partition coefficient (Wildman–Crippen LogP) is 0.840. The Bertz CT molecular complexity index is 515. The highest BCUT2D eigenvalue weighted by Gasteiger charge is 2.20. The van der Waals surface area contributed by atoms with E-state index in [0.29, 0.717) is 5.56 Å². The second-order valence-corrected chi connectivity index (χ2v) is 5.87. The molecule has 0 heterocycles. The summed E-state index contributed by atoms with van der Waals surface area (Å²) in [7, 11) is -1.02. The number of nitrogens with zero attached hydrogens (tertiary/aromatic N) is 1. The van der Waals surface area contributed by atoms with Crippen LogP contribution in [0.2, 0.25) is 0 Å². The first kappa shape index (κ1) is 13.7. The lowest BCUT2D eigenvalue weighted by molar-refractivity contribution is 0.0978. The fourth-order valence-electron chi connectivity index (χ4n) is 1.43. The van der Waals surface area contributed by atoms with Gasteiger partial charge < -0.3 is 0 Å². The molecule has 0 saturated heterocycles. The highest BCUT2D eigenvalue weighted by Crippen LogP contribution is 2.13. The molecule has 1 aromatic carbocycles. The van der Waals surface area contributed by atoms with Gasteiger partial charge in [-0.25, -0.2) is 4.72 Å². The van der Waals surface area contributed by atoms with Crippen LogP contribution in [0.4, 0.5) is 0 Å². The molecule has 0 atom stereocenters. The third-order valence-corrected chi connectivity index (χ3v) is 3.82. The lowest BCUT2D eigenvalue weighted by Gasteiger charge is -2.14. The van der Waals surface area contributed by atoms with Crippen molar-refractivity contribution in [3.05, 3.63) is 34.9 Å². The molecule has 0 aliphatic carbocycles. The Morgan fingerprint density at radius 2 is 1.65 bits per heavy atom. The van der Waals surface area contributed by atoms with E-state index in [2.05, 4.69) is 0 Å². The van der Waals surface area contributed by atoms with Gasteiger partial charge in [0.1, 0.15) is 0 Å². The number of carbonyl (C=O) groups is 1. The molecule has 0 radical (unpaired) electrons. The standard InChI is InChI=1S/C11H16N2O3S/c1-8-6-5-7-9(2)10(8)11(14)12-17(15,16)13(3)4/h5-7H,1-4H3,(H,12,14). The van der Waals surface area contributed by atoms with Gasteiger partial charge >= 0.3 is 10.2 Å². The first-order valence-corrected chi connectivity index (χ1v) is 6.50. The minimum Gasteiger partial charge on any atom is -0.268 e. The minimum absolute atomic E-state index is 0.401. The Hall–Kier alpha value is -1.40. The summed E-state index contributed by atoms with van der Waals surface area (Å²) in [5, 5.41) is 0. The number of aryl methyl sites for hydroxylation is 2. The summed E-state index contributed by atoms with van der Waals surface area (Å²) in [5.74, 6) is -0.602. The van der Waals surface area contributed by atoms with Crippen LogP contribution in [-0.2, 0) is 10.2 Å². The van der Waals surface area contributed by atoms with E-state index in [1.165, 1.54) is 14.1 Å². The smallest absolute Gasteiger partial charge is 0.268 e. The molecule has 1 N–H and O–H groups in total. The summed E-state index contributed by atoms with van der Waals surface area (Å²) in [5.41, 5.74) is 1.89. The Morgan fingerprint density at radius 1 is 1.18 bits per heavy atom. The number of hydrogen-bond donors (Lipinski definition) is 1. The average molecular weight is 256 g/mol. The van der Waals surface area contributed by atoms with Gasteiger partial charge in [0, 0.05) is 19.7 Å². The molecule has 0 fully saturated rings. The first-order chi connectivity index (χ1) is 7.75. The highest BCUT2D eigenvalue weighted by atomic mass is 32.2. The van der Waals surface area contributed by atoms with Crippen LogP contribution >= 0.6 is 0 Å². The zero-order chi connectivity index (χ0) is 13.2. The molecule has 6 heteroatoms. The molecule has 0 saturated carbocycles. The molecular formula is C11H16N2O3S. The summed E-state index contributed by atoms with van der Waals surface area (Å²) in [6, 6.07) is 5.36. The van der Waals surface area contributed by atoms with Gasteiger partial charge in [0.2, 0.25) is 0 Å². The third kappa shape index (κ3) is 3.04. The van der Waals surface area contributed by atoms with Crippen molar-refractivity contribution in [2.45, 2.75) is 13.8 Å². The Labute approximate surface area is 102 Å². The molecule has 0 aliphatic heterocycles. The second kappa shape index (κ2) is 4.85. The number of rotatable bonds is 3. The Kier molecular flexibility index (Phi) is 3.90. The average Bonchev–Trinajstić information content (AvgIpc) is 2.15. The normalized spacial score (nSPS) is 11.6. The summed E-state index contributed by atoms with van der Waals surface area (Å²) in [6.45, 7) is 3.54. The quantitative estimate of drug-likeness (QED) is 0.871. The highest BCUT2D eigenvalue weighted by molar-refractivity contribution is 7.87. The maximum Gasteiger partial charge on any atom is 0.303 e. The summed E-state index contributed by atoms with van der Waals surface area (Å²) in [6.07, 6.45) is 0. The van der Waals surface area contributed by atoms with Gasteiger partial charge in [-0.15, -0.1) is 0 Å². The second-order valence-electron chi connectivity index (χ2n) is 3.99. The summed E-state index contributed by atoms with van der Waals surface area (Å²) < 4.78 is 26.0. The van der Waals surface area contributed by atoms with E-state index >= 15 is 0 Å². The molecule has 0 aromatic heterocycles. The van der Waals surface area contributed by atoms with Crippen LogP contribution in [0.25, 0.3) is 0 Å². The van der Waals surface area contributed by atoms with Crippen LogP contribution in [0.5, 0.6) is 0 Å². The molecule has 0 spiro atoms. The molecule has 94 valence electrons. The van der Waals surface area contributed by atoms with E-state index < -0.39 is 16.1 Å². The van der Waals surface area contributed by atoms with Gasteiger partial charge in [-0.05, 0) is 25.0 Å². The number of carbonyl (C=O) groups excluding carboxylic acids is 1. The van der Waals surface area contributed by atoms with E-state index in [1.807, 2.05) is 10.8 Å². The maximum atomic E-state index is 11.9. The van der Waals surface area contributed by atoms with Gasteiger partial charge in [0.25, 0.3) is 5.91 Å². The van der Waals surface area contributed by atoms with Crippen LogP contribution in [0, 0.1) is 13.8 Å². The van der Waals surface area contributed by atoms with Crippen molar-refractivity contribution < 1.29 is 13.2 Å². The molecule has 5 nitrogen and oxygen atoms in total. The summed E-state index contributed by atoms with van der Waals surface area (Å²) >= 11 is 0. The molecule has 1 aromatic rings. The van der Waals surface area contributed by atoms with Crippen molar-refractivity contribution in [3.8, 4) is 0 Å². The van der Waals surface area contributed by atoms with E-state index in [9.17, 15) is 13.2 Å². The Morgan fingerprint density at radius 3 is 2.06 bits per heavy atom. The van der Waals surface area contributed by atoms with Crippen LogP contribution in [-0.4, -0.2) is 32.7 Å². The SMILES string of the molecule is Cc1cccc(C)c1C(=O)NS(=O)(=O)N(C)C. The molecule has 0 bridgehead atoms. The lowest BCUT2D eigenvalue weighted by atomic mass is 10.0. The van der Waals surface area contributed by atoms with Crippen LogP contribution in [0.1, 0.15) is 21.5 Å². The Balaban J connectivity index is 3.08. The van der Waals surface area contributed by atoms with E-state index in [0.717, 1.165) is 15.4 Å². The van der Waals surface area contributed by atoms with Crippen molar-refractivity contribution in [1.82, 2.24) is 9.03 Å². The van der Waals surface area contributed by atoms with Gasteiger partial charge in [0.05, 0.1) is 0 Å². The molecule has 0 aliphatic rings. The zero-order valence-corrected chi connectivity index (χ0v) is 11.1. The molecule has 1 amide bonds. The van der Waals surface area contributed by atoms with Crippen molar-refractivity contribution in [1.29, 1.82) is 0 Å². The predicted molar refractivity (Wildman–Crippen MR) is 66.0 cm³/mol. The van der Waals surface area contributed by atoms with Crippen molar-refractivity contribution in [2.75, 3.05) is 14.1 Å². The van der Waals surface area contributed by atoms with Crippen LogP contribution < -0.4 is 4.72 Å². The van der Waals surface area contributed by atoms with Gasteiger partial charge in [0.15, 0.2) is 0 Å². The fourth-order valence-corrected chi connectivity index (χ4v) is 1.95. The van der Waals surface area contributed by atoms with Crippen molar-refractivity contribution >= 4 is 16.1 Å². The van der Waals surface area contributed by atoms with Gasteiger partial charge in [-0.3, -0.25) is 4.79 Å². The minimum atomic E-state index is -3.75. The molecule has 0 unspecified atom stereocenters. The van der Waals surface area contributed by atoms with Crippen molar-refractivity contribution in [2.24, 2.45) is 0 Å². The van der Waals surface area contributed by atoms with E-state index in [4.69, 9.17) is 0 Å². The molecule has 1 rings (SSSR count).